The van der Waals surface area contributed by atoms with Crippen molar-refractivity contribution in [2.45, 2.75) is 17.6 Å². The molecule has 9 heteroatoms. The Kier molecular flexibility index (Phi) is 4.61. The number of hydrogen-bond donors (Lipinski definition) is 1. The Bertz CT molecular complexity index is 1300. The zero-order valence-corrected chi connectivity index (χ0v) is 17.7. The Balaban J connectivity index is 1.26. The minimum Gasteiger partial charge on any atom is -0.463 e. The minimum atomic E-state index is -0.256. The number of aromatic nitrogens is 2. The van der Waals surface area contributed by atoms with Gasteiger partial charge in [-0.2, -0.15) is 5.10 Å². The lowest BCUT2D eigenvalue weighted by Crippen LogP contribution is -2.28. The number of fused-ring (bicyclic) bond motifs is 2. The van der Waals surface area contributed by atoms with E-state index in [4.69, 9.17) is 13.9 Å². The third kappa shape index (κ3) is 3.40. The summed E-state index contributed by atoms with van der Waals surface area (Å²) in [7, 11) is 0. The first-order valence-corrected chi connectivity index (χ1v) is 11.1. The average Bonchev–Trinajstić information content (AvgIpc) is 3.61. The quantitative estimate of drug-likeness (QED) is 0.458. The molecule has 0 saturated carbocycles. The Morgan fingerprint density at radius 2 is 2.03 bits per heavy atom. The molecule has 2 aromatic carbocycles. The zero-order chi connectivity index (χ0) is 21.5. The van der Waals surface area contributed by atoms with Gasteiger partial charge in [-0.05, 0) is 42.0 Å². The van der Waals surface area contributed by atoms with Crippen molar-refractivity contribution < 1.29 is 18.7 Å². The van der Waals surface area contributed by atoms with Gasteiger partial charge in [-0.15, -0.1) is 0 Å². The van der Waals surface area contributed by atoms with E-state index < -0.39 is 0 Å². The highest BCUT2D eigenvalue weighted by Gasteiger charge is 2.35. The number of ether oxygens (including phenoxy) is 2. The Labute approximate surface area is 187 Å². The second-order valence-electron chi connectivity index (χ2n) is 7.44. The summed E-state index contributed by atoms with van der Waals surface area (Å²) in [6, 6.07) is 16.9. The predicted octanol–water partition coefficient (Wildman–Crippen LogP) is 4.35. The first kappa shape index (κ1) is 19.0. The van der Waals surface area contributed by atoms with Crippen LogP contribution in [0.25, 0.3) is 11.0 Å². The van der Waals surface area contributed by atoms with Gasteiger partial charge in [0.1, 0.15) is 11.5 Å². The van der Waals surface area contributed by atoms with Crippen LogP contribution in [0.1, 0.15) is 23.8 Å². The Hall–Kier alpha value is -3.72. The van der Waals surface area contributed by atoms with Crippen molar-refractivity contribution in [3.05, 3.63) is 72.2 Å². The molecule has 2 aliphatic rings. The normalized spacial score (nSPS) is 17.2. The molecule has 2 aliphatic heterocycles. The number of nitrogens with one attached hydrogen (secondary N) is 1. The van der Waals surface area contributed by atoms with Crippen LogP contribution >= 0.6 is 11.8 Å². The van der Waals surface area contributed by atoms with Crippen LogP contribution in [0.4, 0.5) is 0 Å². The monoisotopic (exact) mass is 446 g/mol. The van der Waals surface area contributed by atoms with Crippen LogP contribution in [-0.2, 0) is 4.79 Å². The number of imidazole rings is 1. The predicted molar refractivity (Wildman–Crippen MR) is 119 cm³/mol. The molecule has 1 atom stereocenters. The van der Waals surface area contributed by atoms with E-state index in [2.05, 4.69) is 15.1 Å². The number of benzene rings is 2. The van der Waals surface area contributed by atoms with Gasteiger partial charge in [-0.3, -0.25) is 4.79 Å². The molecule has 0 radical (unpaired) electrons. The van der Waals surface area contributed by atoms with Crippen LogP contribution in [0.5, 0.6) is 11.5 Å². The van der Waals surface area contributed by atoms with Crippen LogP contribution in [0.15, 0.2) is 75.5 Å². The van der Waals surface area contributed by atoms with E-state index >= 15 is 0 Å². The summed E-state index contributed by atoms with van der Waals surface area (Å²) in [5.41, 5.74) is 3.49. The molecule has 1 N–H and O–H groups in total. The van der Waals surface area contributed by atoms with Crippen LogP contribution in [-0.4, -0.2) is 39.1 Å². The van der Waals surface area contributed by atoms with Gasteiger partial charge in [-0.25, -0.2) is 9.99 Å². The highest BCUT2D eigenvalue weighted by atomic mass is 32.2. The lowest BCUT2D eigenvalue weighted by Gasteiger charge is -2.22. The summed E-state index contributed by atoms with van der Waals surface area (Å²) >= 11 is 1.36. The zero-order valence-electron chi connectivity index (χ0n) is 16.9. The summed E-state index contributed by atoms with van der Waals surface area (Å²) in [6.45, 7) is 0.203. The topological polar surface area (TPSA) is 93.0 Å². The molecule has 32 heavy (non-hydrogen) atoms. The summed E-state index contributed by atoms with van der Waals surface area (Å²) < 4.78 is 16.5. The molecule has 4 aromatic rings. The molecule has 2 aromatic heterocycles. The lowest BCUT2D eigenvalue weighted by atomic mass is 10.0. The molecule has 0 aliphatic carbocycles. The van der Waals surface area contributed by atoms with Crippen LogP contribution in [0.2, 0.25) is 0 Å². The average molecular weight is 446 g/mol. The van der Waals surface area contributed by atoms with E-state index in [1.54, 1.807) is 11.3 Å². The van der Waals surface area contributed by atoms with E-state index in [-0.39, 0.29) is 24.5 Å². The molecule has 0 bridgehead atoms. The number of hydrogen-bond acceptors (Lipinski definition) is 7. The summed E-state index contributed by atoms with van der Waals surface area (Å²) in [6.07, 6.45) is 2.16. The largest absolute Gasteiger partial charge is 0.463 e. The maximum atomic E-state index is 13.2. The van der Waals surface area contributed by atoms with Gasteiger partial charge in [0.15, 0.2) is 16.7 Å². The van der Waals surface area contributed by atoms with Crippen molar-refractivity contribution in [1.82, 2.24) is 15.0 Å². The van der Waals surface area contributed by atoms with Gasteiger partial charge in [0, 0.05) is 6.42 Å². The molecular weight excluding hydrogens is 428 g/mol. The number of furan rings is 1. The van der Waals surface area contributed by atoms with Crippen molar-refractivity contribution in [2.75, 3.05) is 12.5 Å². The van der Waals surface area contributed by atoms with Crippen LogP contribution in [0, 0.1) is 0 Å². The number of thioether (sulfide) groups is 1. The summed E-state index contributed by atoms with van der Waals surface area (Å²) in [4.78, 5) is 21.0. The van der Waals surface area contributed by atoms with Crippen molar-refractivity contribution in [3.63, 3.8) is 0 Å². The fraction of sp³-hybridized carbons (Fsp3) is 0.174. The Morgan fingerprint density at radius 1 is 1.12 bits per heavy atom. The second kappa shape index (κ2) is 7.76. The molecule has 8 nitrogen and oxygen atoms in total. The fourth-order valence-corrected chi connectivity index (χ4v) is 4.64. The van der Waals surface area contributed by atoms with E-state index in [1.807, 2.05) is 54.6 Å². The van der Waals surface area contributed by atoms with E-state index in [0.29, 0.717) is 28.8 Å². The van der Waals surface area contributed by atoms with Gasteiger partial charge >= 0.3 is 0 Å². The van der Waals surface area contributed by atoms with E-state index in [1.165, 1.54) is 11.8 Å². The van der Waals surface area contributed by atoms with Crippen molar-refractivity contribution in [3.8, 4) is 11.5 Å². The standard InChI is InChI=1S/C23H18N4O4S/c28-22(12-32-23-24-15-4-1-2-5-16(15)25-23)27-18(11-17(26-27)19-6-3-9-29-19)14-7-8-20-21(10-14)31-13-30-20/h1-10,18H,11-13H2,(H,24,25). The fourth-order valence-electron chi connectivity index (χ4n) is 3.91. The number of carbonyl (C=O) groups excluding carboxylic acids is 1. The number of nitrogens with zero attached hydrogens (tertiary/aromatic N) is 3. The molecule has 4 heterocycles. The SMILES string of the molecule is O=C(CSc1nc2ccccc2[nH]1)N1N=C(c2ccco2)CC1c1ccc2c(c1)OCO2. The maximum absolute atomic E-state index is 13.2. The van der Waals surface area contributed by atoms with E-state index in [0.717, 1.165) is 22.3 Å². The second-order valence-corrected chi connectivity index (χ2v) is 8.41. The molecule has 160 valence electrons. The van der Waals surface area contributed by atoms with Gasteiger partial charge in [0.2, 0.25) is 6.79 Å². The Morgan fingerprint density at radius 3 is 2.91 bits per heavy atom. The molecule has 6 rings (SSSR count). The number of carbonyl (C=O) groups is 1. The number of hydrazone groups is 1. The minimum absolute atomic E-state index is 0.111. The van der Waals surface area contributed by atoms with Gasteiger partial charge < -0.3 is 18.9 Å². The number of H-pyrrole nitrogens is 1. The number of rotatable bonds is 5. The molecule has 1 unspecified atom stereocenters. The van der Waals surface area contributed by atoms with Crippen molar-refractivity contribution >= 4 is 34.4 Å². The number of para-hydroxylation sites is 2. The first-order valence-electron chi connectivity index (χ1n) is 10.1. The van der Waals surface area contributed by atoms with Gasteiger partial charge in [0.25, 0.3) is 5.91 Å². The van der Waals surface area contributed by atoms with Crippen LogP contribution < -0.4 is 9.47 Å². The van der Waals surface area contributed by atoms with Gasteiger partial charge in [-0.1, -0.05) is 30.0 Å². The maximum Gasteiger partial charge on any atom is 0.253 e. The van der Waals surface area contributed by atoms with E-state index in [9.17, 15) is 4.79 Å². The van der Waals surface area contributed by atoms with Crippen molar-refractivity contribution in [2.24, 2.45) is 5.10 Å². The molecule has 0 fully saturated rings. The molecule has 1 amide bonds. The third-order valence-corrected chi connectivity index (χ3v) is 6.31. The smallest absolute Gasteiger partial charge is 0.253 e. The van der Waals surface area contributed by atoms with Crippen LogP contribution in [0.3, 0.4) is 0 Å². The number of amides is 1. The highest BCUT2D eigenvalue weighted by Crippen LogP contribution is 2.39. The summed E-state index contributed by atoms with van der Waals surface area (Å²) in [5.74, 6) is 2.14. The molecular formula is C23H18N4O4S. The third-order valence-electron chi connectivity index (χ3n) is 5.45. The lowest BCUT2D eigenvalue weighted by molar-refractivity contribution is -0.130. The summed E-state index contributed by atoms with van der Waals surface area (Å²) in [5, 5.41) is 6.88. The molecule has 0 spiro atoms. The first-order chi connectivity index (χ1) is 15.7. The van der Waals surface area contributed by atoms with Crippen molar-refractivity contribution in [1.29, 1.82) is 0 Å². The number of aromatic amines is 1. The van der Waals surface area contributed by atoms with Gasteiger partial charge in [0.05, 0.1) is 29.1 Å². The molecule has 0 saturated heterocycles. The highest BCUT2D eigenvalue weighted by molar-refractivity contribution is 7.99.